The number of hydrogen-bond donors (Lipinski definition) is 0. The molecule has 5 nitrogen and oxygen atoms in total. The monoisotopic (exact) mass is 828 g/mol. The number of rotatable bonds is 5. The van der Waals surface area contributed by atoms with Crippen LogP contribution < -0.4 is 0 Å². The van der Waals surface area contributed by atoms with E-state index in [0.717, 1.165) is 71.9 Å². The first-order valence-electron chi connectivity index (χ1n) is 22.1. The lowest BCUT2D eigenvalue weighted by atomic mass is 9.98. The van der Waals surface area contributed by atoms with Crippen LogP contribution in [0.15, 0.2) is 223 Å². The van der Waals surface area contributed by atoms with Crippen LogP contribution in [0.4, 0.5) is 0 Å². The molecule has 0 saturated heterocycles. The molecule has 0 saturated carbocycles. The molecule has 4 aromatic heterocycles. The Kier molecular flexibility index (Phi) is 7.62. The second-order valence-corrected chi connectivity index (χ2v) is 16.9. The number of nitrogens with zero attached hydrogens (tertiary/aromatic N) is 4. The molecule has 0 bridgehead atoms. The molecule has 0 radical (unpaired) electrons. The number of fused-ring (bicyclic) bond motifs is 13. The van der Waals surface area contributed by atoms with Crippen molar-refractivity contribution in [3.63, 3.8) is 0 Å². The molecule has 10 aromatic carbocycles. The molecule has 0 unspecified atom stereocenters. The Balaban J connectivity index is 1.08. The molecule has 0 aliphatic rings. The average molecular weight is 829 g/mol. The van der Waals surface area contributed by atoms with Crippen LogP contribution in [0, 0.1) is 0 Å². The lowest BCUT2D eigenvalue weighted by molar-refractivity contribution is 0.669. The van der Waals surface area contributed by atoms with Gasteiger partial charge in [0.15, 0.2) is 0 Å². The van der Waals surface area contributed by atoms with Crippen LogP contribution in [0.2, 0.25) is 0 Å². The normalized spacial score (nSPS) is 12.0. The van der Waals surface area contributed by atoms with Gasteiger partial charge in [-0.1, -0.05) is 152 Å². The molecule has 14 aromatic rings. The van der Waals surface area contributed by atoms with E-state index in [1.165, 1.54) is 54.6 Å². The highest BCUT2D eigenvalue weighted by atomic mass is 16.3. The molecule has 4 heterocycles. The average Bonchev–Trinajstić information content (AvgIpc) is 4.04. The van der Waals surface area contributed by atoms with Gasteiger partial charge in [0.2, 0.25) is 5.95 Å². The summed E-state index contributed by atoms with van der Waals surface area (Å²) >= 11 is 0. The van der Waals surface area contributed by atoms with Crippen LogP contribution in [0.1, 0.15) is 0 Å². The van der Waals surface area contributed by atoms with Gasteiger partial charge in [0, 0.05) is 49.0 Å². The van der Waals surface area contributed by atoms with Gasteiger partial charge in [-0.05, 0) is 99.8 Å². The lowest BCUT2D eigenvalue weighted by Crippen LogP contribution is -2.03. The van der Waals surface area contributed by atoms with Crippen molar-refractivity contribution in [2.75, 3.05) is 0 Å². The third-order valence-electron chi connectivity index (χ3n) is 13.3. The van der Waals surface area contributed by atoms with Gasteiger partial charge >= 0.3 is 0 Å². The van der Waals surface area contributed by atoms with Crippen LogP contribution in [-0.4, -0.2) is 19.1 Å². The molecule has 0 spiro atoms. The van der Waals surface area contributed by atoms with Crippen LogP contribution >= 0.6 is 0 Å². The molecule has 0 aliphatic carbocycles. The van der Waals surface area contributed by atoms with Crippen molar-refractivity contribution in [3.8, 4) is 45.1 Å². The number of hydrogen-bond acceptors (Lipinski definition) is 3. The highest BCUT2D eigenvalue weighted by molar-refractivity contribution is 6.33. The zero-order valence-corrected chi connectivity index (χ0v) is 35.0. The van der Waals surface area contributed by atoms with Gasteiger partial charge < -0.3 is 8.98 Å². The van der Waals surface area contributed by atoms with Gasteiger partial charge in [-0.15, -0.1) is 0 Å². The van der Waals surface area contributed by atoms with Gasteiger partial charge in [-0.2, -0.15) is 0 Å². The summed E-state index contributed by atoms with van der Waals surface area (Å²) in [6, 6.07) is 78.0. The molecule has 0 amide bonds. The minimum Gasteiger partial charge on any atom is -0.456 e. The van der Waals surface area contributed by atoms with E-state index in [9.17, 15) is 0 Å². The minimum absolute atomic E-state index is 0.616. The molecular formula is C60H36N4O. The van der Waals surface area contributed by atoms with E-state index in [1.54, 1.807) is 0 Å². The van der Waals surface area contributed by atoms with Crippen molar-refractivity contribution in [1.29, 1.82) is 0 Å². The first kappa shape index (κ1) is 35.8. The maximum atomic E-state index is 6.40. The first-order chi connectivity index (χ1) is 32.2. The highest BCUT2D eigenvalue weighted by Gasteiger charge is 2.24. The molecule has 65 heavy (non-hydrogen) atoms. The minimum atomic E-state index is 0.616. The molecule has 0 aliphatic heterocycles. The summed E-state index contributed by atoms with van der Waals surface area (Å²) in [6.45, 7) is 0. The summed E-state index contributed by atoms with van der Waals surface area (Å²) in [5.41, 5.74) is 14.6. The number of aromatic nitrogens is 4. The Labute approximate surface area is 372 Å². The summed E-state index contributed by atoms with van der Waals surface area (Å²) in [6.07, 6.45) is 0. The second-order valence-electron chi connectivity index (χ2n) is 16.9. The Morgan fingerprint density at radius 1 is 0.323 bits per heavy atom. The smallest absolute Gasteiger partial charge is 0.235 e. The summed E-state index contributed by atoms with van der Waals surface area (Å²) in [7, 11) is 0. The van der Waals surface area contributed by atoms with E-state index in [1.807, 2.05) is 12.1 Å². The number of para-hydroxylation sites is 3. The molecule has 0 fully saturated rings. The first-order valence-corrected chi connectivity index (χ1v) is 22.1. The zero-order valence-electron chi connectivity index (χ0n) is 35.0. The zero-order chi connectivity index (χ0) is 42.6. The Morgan fingerprint density at radius 2 is 0.908 bits per heavy atom. The highest BCUT2D eigenvalue weighted by Crippen LogP contribution is 2.45. The van der Waals surface area contributed by atoms with Gasteiger partial charge in [0.1, 0.15) is 11.2 Å². The van der Waals surface area contributed by atoms with Crippen molar-refractivity contribution in [2.45, 2.75) is 0 Å². The van der Waals surface area contributed by atoms with Gasteiger partial charge in [-0.25, -0.2) is 9.97 Å². The summed E-state index contributed by atoms with van der Waals surface area (Å²) < 4.78 is 11.1. The fourth-order valence-electron chi connectivity index (χ4n) is 10.4. The van der Waals surface area contributed by atoms with Crippen molar-refractivity contribution >= 4 is 87.2 Å². The maximum absolute atomic E-state index is 6.40. The van der Waals surface area contributed by atoms with Crippen LogP contribution in [0.3, 0.4) is 0 Å². The standard InChI is InChI=1S/C60H36N4O/c1-3-15-37(16-4-1)41-33-42(38-17-5-2-6-18-38)35-43(34-41)63-50-25-13-10-23-48(50)57-51(63)31-32-53-58(57)56-44-20-8-7-19-39(44)28-30-52(56)64(53)60-61-49-24-12-9-22-47(49)59(62-60)40-27-29-46-45-21-11-14-26-54(45)65-55(46)36-40/h1-36H. The topological polar surface area (TPSA) is 48.8 Å². The number of benzene rings is 10. The summed E-state index contributed by atoms with van der Waals surface area (Å²) in [5.74, 6) is 0.616. The van der Waals surface area contributed by atoms with Crippen molar-refractivity contribution in [2.24, 2.45) is 0 Å². The Bertz CT molecular complexity index is 4180. The van der Waals surface area contributed by atoms with Crippen molar-refractivity contribution in [3.05, 3.63) is 218 Å². The van der Waals surface area contributed by atoms with Crippen LogP contribution in [-0.2, 0) is 0 Å². The van der Waals surface area contributed by atoms with Gasteiger partial charge in [0.05, 0.1) is 33.3 Å². The molecule has 14 rings (SSSR count). The SMILES string of the molecule is c1ccc(-c2cc(-c3ccccc3)cc(-n3c4ccccc4c4c5c6c7ccccc7ccc6n(-c6nc(-c7ccc8c(c7)oc7ccccc78)c7ccccc7n6)c5ccc43)c2)cc1. The quantitative estimate of drug-likeness (QED) is 0.174. The lowest BCUT2D eigenvalue weighted by Gasteiger charge is -2.14. The number of furan rings is 1. The molecule has 5 heteroatoms. The van der Waals surface area contributed by atoms with E-state index in [4.69, 9.17) is 14.4 Å². The van der Waals surface area contributed by atoms with E-state index in [2.05, 4.69) is 215 Å². The molecule has 0 N–H and O–H groups in total. The fourth-order valence-corrected chi connectivity index (χ4v) is 10.4. The summed E-state index contributed by atoms with van der Waals surface area (Å²) in [4.78, 5) is 10.9. The summed E-state index contributed by atoms with van der Waals surface area (Å²) in [5, 5.41) is 10.3. The Hall–Kier alpha value is -8.80. The van der Waals surface area contributed by atoms with Crippen LogP contribution in [0.5, 0.6) is 0 Å². The molecule has 0 atom stereocenters. The molecule has 302 valence electrons. The maximum Gasteiger partial charge on any atom is 0.235 e. The molecular weight excluding hydrogens is 793 g/mol. The largest absolute Gasteiger partial charge is 0.456 e. The Morgan fingerprint density at radius 3 is 1.69 bits per heavy atom. The van der Waals surface area contributed by atoms with E-state index >= 15 is 0 Å². The van der Waals surface area contributed by atoms with Crippen molar-refractivity contribution in [1.82, 2.24) is 19.1 Å². The van der Waals surface area contributed by atoms with Crippen LogP contribution in [0.25, 0.3) is 132 Å². The third kappa shape index (κ3) is 5.39. The van der Waals surface area contributed by atoms with Gasteiger partial charge in [0.25, 0.3) is 0 Å². The predicted molar refractivity (Wildman–Crippen MR) is 269 cm³/mol. The van der Waals surface area contributed by atoms with E-state index in [0.29, 0.717) is 5.95 Å². The second kappa shape index (κ2) is 13.9. The third-order valence-corrected chi connectivity index (χ3v) is 13.3. The van der Waals surface area contributed by atoms with E-state index < -0.39 is 0 Å². The van der Waals surface area contributed by atoms with Gasteiger partial charge in [-0.3, -0.25) is 4.57 Å². The van der Waals surface area contributed by atoms with Crippen molar-refractivity contribution < 1.29 is 4.42 Å². The fraction of sp³-hybridized carbons (Fsp3) is 0. The predicted octanol–water partition coefficient (Wildman–Crippen LogP) is 15.9. The van der Waals surface area contributed by atoms with E-state index in [-0.39, 0.29) is 0 Å².